The van der Waals surface area contributed by atoms with Gasteiger partial charge in [0, 0.05) is 5.56 Å². The maximum absolute atomic E-state index is 11.8. The molecule has 6 heteroatoms. The zero-order valence-electron chi connectivity index (χ0n) is 12.8. The van der Waals surface area contributed by atoms with Crippen molar-refractivity contribution < 1.29 is 18.8 Å². The molecule has 0 amide bonds. The average molecular weight is 302 g/mol. The molecule has 0 saturated carbocycles. The number of carbonyl (C=O) groups excluding carboxylic acids is 1. The van der Waals surface area contributed by atoms with Crippen molar-refractivity contribution in [1.82, 2.24) is 10.5 Å². The Balaban J connectivity index is 2.09. The lowest BCUT2D eigenvalue weighted by atomic mass is 10.1. The minimum atomic E-state index is -0.489. The van der Waals surface area contributed by atoms with Crippen molar-refractivity contribution in [2.75, 3.05) is 13.8 Å². The summed E-state index contributed by atoms with van der Waals surface area (Å²) in [7, 11) is 1.32. The molecule has 0 bridgehead atoms. The highest BCUT2D eigenvalue weighted by Gasteiger charge is 2.13. The Morgan fingerprint density at radius 2 is 2.05 bits per heavy atom. The summed E-state index contributed by atoms with van der Waals surface area (Å²) in [5.41, 5.74) is 1.71. The quantitative estimate of drug-likeness (QED) is 0.502. The molecule has 6 nitrogen and oxygen atoms in total. The molecule has 0 aliphatic rings. The number of rotatable bonds is 6. The van der Waals surface area contributed by atoms with E-state index in [0.29, 0.717) is 17.2 Å². The molecule has 0 unspecified atom stereocenters. The standard InChI is InChI=1S/C16H18N2O4/c1-11-14(12(2)22-18-11)9-15(16(19)20-3)17-10-21-13-7-5-4-6-8-13/h4-9,17H,10H2,1-3H3/b15-9-. The van der Waals surface area contributed by atoms with Crippen LogP contribution in [0.15, 0.2) is 40.6 Å². The molecule has 116 valence electrons. The number of carbonyl (C=O) groups is 1. The second-order valence-corrected chi connectivity index (χ2v) is 4.57. The van der Waals surface area contributed by atoms with Crippen LogP contribution < -0.4 is 10.1 Å². The molecule has 1 aromatic heterocycles. The highest BCUT2D eigenvalue weighted by atomic mass is 16.5. The zero-order chi connectivity index (χ0) is 15.9. The molecule has 0 atom stereocenters. The summed E-state index contributed by atoms with van der Waals surface area (Å²) in [6.45, 7) is 3.72. The van der Waals surface area contributed by atoms with Gasteiger partial charge in [-0.3, -0.25) is 0 Å². The molecule has 1 aromatic carbocycles. The first kappa shape index (κ1) is 15.6. The van der Waals surface area contributed by atoms with Crippen molar-refractivity contribution >= 4 is 12.0 Å². The summed E-state index contributed by atoms with van der Waals surface area (Å²) in [5, 5.41) is 6.76. The van der Waals surface area contributed by atoms with Crippen LogP contribution in [0.3, 0.4) is 0 Å². The number of nitrogens with zero attached hydrogens (tertiary/aromatic N) is 1. The van der Waals surface area contributed by atoms with E-state index in [1.807, 2.05) is 30.3 Å². The van der Waals surface area contributed by atoms with Gasteiger partial charge < -0.3 is 19.3 Å². The summed E-state index contributed by atoms with van der Waals surface area (Å²) in [6, 6.07) is 9.30. The third kappa shape index (κ3) is 3.88. The van der Waals surface area contributed by atoms with E-state index in [9.17, 15) is 4.79 Å². The fraction of sp³-hybridized carbons (Fsp3) is 0.250. The third-order valence-corrected chi connectivity index (χ3v) is 3.03. The average Bonchev–Trinajstić information content (AvgIpc) is 2.85. The number of aryl methyl sites for hydroxylation is 2. The number of hydrogen-bond donors (Lipinski definition) is 1. The van der Waals surface area contributed by atoms with Crippen LogP contribution in [-0.4, -0.2) is 25.0 Å². The van der Waals surface area contributed by atoms with Crippen LogP contribution in [0.5, 0.6) is 5.75 Å². The van der Waals surface area contributed by atoms with Gasteiger partial charge >= 0.3 is 5.97 Å². The molecule has 1 heterocycles. The van der Waals surface area contributed by atoms with E-state index in [2.05, 4.69) is 10.5 Å². The molecule has 0 radical (unpaired) electrons. The van der Waals surface area contributed by atoms with Gasteiger partial charge in [0.05, 0.1) is 12.8 Å². The van der Waals surface area contributed by atoms with E-state index >= 15 is 0 Å². The van der Waals surface area contributed by atoms with E-state index < -0.39 is 5.97 Å². The molecule has 0 aliphatic carbocycles. The smallest absolute Gasteiger partial charge is 0.354 e. The Kier molecular flexibility index (Phi) is 5.19. The van der Waals surface area contributed by atoms with Crippen molar-refractivity contribution in [3.63, 3.8) is 0 Å². The third-order valence-electron chi connectivity index (χ3n) is 3.03. The molecule has 0 aliphatic heterocycles. The highest BCUT2D eigenvalue weighted by molar-refractivity contribution is 5.93. The first-order valence-electron chi connectivity index (χ1n) is 6.76. The molecule has 0 saturated heterocycles. The molecule has 0 spiro atoms. The van der Waals surface area contributed by atoms with Gasteiger partial charge in [0.15, 0.2) is 6.73 Å². The number of para-hydroxylation sites is 1. The summed E-state index contributed by atoms with van der Waals surface area (Å²) < 4.78 is 15.4. The van der Waals surface area contributed by atoms with Gasteiger partial charge in [-0.1, -0.05) is 23.4 Å². The zero-order valence-corrected chi connectivity index (χ0v) is 12.8. The Bertz CT molecular complexity index is 643. The number of aromatic nitrogens is 1. The van der Waals surface area contributed by atoms with Gasteiger partial charge in [0.1, 0.15) is 17.2 Å². The first-order valence-corrected chi connectivity index (χ1v) is 6.76. The number of nitrogens with one attached hydrogen (secondary N) is 1. The summed E-state index contributed by atoms with van der Waals surface area (Å²) >= 11 is 0. The van der Waals surface area contributed by atoms with Crippen molar-refractivity contribution in [1.29, 1.82) is 0 Å². The monoisotopic (exact) mass is 302 g/mol. The maximum atomic E-state index is 11.8. The van der Waals surface area contributed by atoms with Crippen LogP contribution >= 0.6 is 0 Å². The number of benzene rings is 1. The lowest BCUT2D eigenvalue weighted by molar-refractivity contribution is -0.136. The van der Waals surface area contributed by atoms with Gasteiger partial charge in [0.25, 0.3) is 0 Å². The fourth-order valence-electron chi connectivity index (χ4n) is 1.85. The SMILES string of the molecule is COC(=O)/C(=C/c1c(C)noc1C)NCOc1ccccc1. The highest BCUT2D eigenvalue weighted by Crippen LogP contribution is 2.16. The Morgan fingerprint density at radius 3 is 2.64 bits per heavy atom. The Labute approximate surface area is 128 Å². The predicted octanol–water partition coefficient (Wildman–Crippen LogP) is 2.43. The van der Waals surface area contributed by atoms with Crippen LogP contribution in [0.4, 0.5) is 0 Å². The van der Waals surface area contributed by atoms with Gasteiger partial charge in [-0.05, 0) is 32.1 Å². The molecule has 0 fully saturated rings. The number of methoxy groups -OCH3 is 1. The van der Waals surface area contributed by atoms with Gasteiger partial charge in [-0.15, -0.1) is 0 Å². The molecular weight excluding hydrogens is 284 g/mol. The second-order valence-electron chi connectivity index (χ2n) is 4.57. The maximum Gasteiger partial charge on any atom is 0.354 e. The molecular formula is C16H18N2O4. The van der Waals surface area contributed by atoms with E-state index in [0.717, 1.165) is 5.56 Å². The van der Waals surface area contributed by atoms with Crippen molar-refractivity contribution in [3.05, 3.63) is 53.0 Å². The fourth-order valence-corrected chi connectivity index (χ4v) is 1.85. The Hall–Kier alpha value is -2.76. The topological polar surface area (TPSA) is 73.6 Å². The van der Waals surface area contributed by atoms with E-state index in [4.69, 9.17) is 14.0 Å². The summed E-state index contributed by atoms with van der Waals surface area (Å²) in [4.78, 5) is 11.8. The molecule has 2 rings (SSSR count). The lowest BCUT2D eigenvalue weighted by Crippen LogP contribution is -2.25. The minimum absolute atomic E-state index is 0.133. The largest absolute Gasteiger partial charge is 0.473 e. The number of esters is 1. The van der Waals surface area contributed by atoms with Gasteiger partial charge in [0.2, 0.25) is 0 Å². The normalized spacial score (nSPS) is 11.1. The van der Waals surface area contributed by atoms with Gasteiger partial charge in [-0.2, -0.15) is 0 Å². The number of ether oxygens (including phenoxy) is 2. The molecule has 2 aromatic rings. The predicted molar refractivity (Wildman–Crippen MR) is 81.0 cm³/mol. The summed E-state index contributed by atoms with van der Waals surface area (Å²) in [6.07, 6.45) is 1.64. The van der Waals surface area contributed by atoms with Crippen LogP contribution in [-0.2, 0) is 9.53 Å². The minimum Gasteiger partial charge on any atom is -0.473 e. The van der Waals surface area contributed by atoms with Crippen molar-refractivity contribution in [2.24, 2.45) is 0 Å². The Morgan fingerprint density at radius 1 is 1.32 bits per heavy atom. The van der Waals surface area contributed by atoms with Crippen LogP contribution in [0.25, 0.3) is 6.08 Å². The van der Waals surface area contributed by atoms with Crippen LogP contribution in [0.1, 0.15) is 17.0 Å². The van der Waals surface area contributed by atoms with E-state index in [-0.39, 0.29) is 12.4 Å². The van der Waals surface area contributed by atoms with Crippen molar-refractivity contribution in [2.45, 2.75) is 13.8 Å². The lowest BCUT2D eigenvalue weighted by Gasteiger charge is -2.11. The summed E-state index contributed by atoms with van der Waals surface area (Å²) in [5.74, 6) is 0.845. The van der Waals surface area contributed by atoms with E-state index in [1.54, 1.807) is 19.9 Å². The van der Waals surface area contributed by atoms with Crippen LogP contribution in [0, 0.1) is 13.8 Å². The van der Waals surface area contributed by atoms with Gasteiger partial charge in [-0.25, -0.2) is 4.79 Å². The molecule has 22 heavy (non-hydrogen) atoms. The second kappa shape index (κ2) is 7.31. The molecule has 1 N–H and O–H groups in total. The van der Waals surface area contributed by atoms with E-state index in [1.165, 1.54) is 7.11 Å². The van der Waals surface area contributed by atoms with Crippen LogP contribution in [0.2, 0.25) is 0 Å². The van der Waals surface area contributed by atoms with Crippen molar-refractivity contribution in [3.8, 4) is 5.75 Å². The first-order chi connectivity index (χ1) is 10.6. The number of hydrogen-bond acceptors (Lipinski definition) is 6.